The van der Waals surface area contributed by atoms with Crippen LogP contribution in [0.15, 0.2) is 35.2 Å². The van der Waals surface area contributed by atoms with Gasteiger partial charge in [-0.1, -0.05) is 39.0 Å². The van der Waals surface area contributed by atoms with E-state index in [2.05, 4.69) is 0 Å². The van der Waals surface area contributed by atoms with Gasteiger partial charge in [-0.2, -0.15) is 8.42 Å². The lowest BCUT2D eigenvalue weighted by molar-refractivity contribution is -0.122. The number of ketones is 1. The van der Waals surface area contributed by atoms with Gasteiger partial charge in [-0.15, -0.1) is 0 Å². The first-order valence-corrected chi connectivity index (χ1v) is 7.08. The Hall–Kier alpha value is -1.20. The molecule has 0 aliphatic carbocycles. The van der Waals surface area contributed by atoms with Crippen molar-refractivity contribution in [2.45, 2.75) is 32.1 Å². The fraction of sp³-hybridized carbons (Fsp3) is 0.462. The molecule has 1 rings (SSSR count). The van der Waals surface area contributed by atoms with Gasteiger partial charge in [-0.25, -0.2) is 0 Å². The quantitative estimate of drug-likeness (QED) is 0.771. The molecule has 4 nitrogen and oxygen atoms in total. The second kappa shape index (κ2) is 5.63. The summed E-state index contributed by atoms with van der Waals surface area (Å²) < 4.78 is 28.2. The number of benzene rings is 1. The summed E-state index contributed by atoms with van der Waals surface area (Å²) in [6.07, 6.45) is 0.289. The molecule has 5 heteroatoms. The molecule has 0 bridgehead atoms. The highest BCUT2D eigenvalue weighted by molar-refractivity contribution is 7.86. The third-order valence-electron chi connectivity index (χ3n) is 2.13. The molecule has 0 spiro atoms. The standard InChI is InChI=1S/C13H18O4S/c1-13(2,3)9-11(14)10-17-18(15,16)12-7-5-4-6-8-12/h4-8H,9-10H2,1-3H3. The van der Waals surface area contributed by atoms with E-state index in [1.807, 2.05) is 20.8 Å². The Balaban J connectivity index is 2.61. The minimum atomic E-state index is -3.83. The summed E-state index contributed by atoms with van der Waals surface area (Å²) in [6, 6.07) is 7.79. The van der Waals surface area contributed by atoms with E-state index >= 15 is 0 Å². The van der Waals surface area contributed by atoms with Crippen molar-refractivity contribution in [1.29, 1.82) is 0 Å². The van der Waals surface area contributed by atoms with E-state index in [0.29, 0.717) is 0 Å². The summed E-state index contributed by atoms with van der Waals surface area (Å²) in [5, 5.41) is 0. The number of carbonyl (C=O) groups excluding carboxylic acids is 1. The average molecular weight is 270 g/mol. The molecule has 0 saturated heterocycles. The molecule has 1 aromatic carbocycles. The molecule has 18 heavy (non-hydrogen) atoms. The van der Waals surface area contributed by atoms with E-state index in [0.717, 1.165) is 0 Å². The van der Waals surface area contributed by atoms with Gasteiger partial charge in [0, 0.05) is 6.42 Å². The van der Waals surface area contributed by atoms with E-state index in [-0.39, 0.29) is 22.5 Å². The molecule has 0 N–H and O–H groups in total. The van der Waals surface area contributed by atoms with Crippen molar-refractivity contribution in [3.05, 3.63) is 30.3 Å². The first-order valence-electron chi connectivity index (χ1n) is 5.67. The van der Waals surface area contributed by atoms with Crippen molar-refractivity contribution >= 4 is 15.9 Å². The largest absolute Gasteiger partial charge is 0.297 e. The molecule has 1 aromatic rings. The van der Waals surface area contributed by atoms with Crippen LogP contribution >= 0.6 is 0 Å². The van der Waals surface area contributed by atoms with Gasteiger partial charge in [0.15, 0.2) is 5.78 Å². The maximum absolute atomic E-state index is 11.7. The summed E-state index contributed by atoms with van der Waals surface area (Å²) in [5.74, 6) is -0.220. The van der Waals surface area contributed by atoms with Crippen LogP contribution in [-0.2, 0) is 19.1 Å². The van der Waals surface area contributed by atoms with Crippen molar-refractivity contribution in [2.24, 2.45) is 5.41 Å². The Morgan fingerprint density at radius 2 is 1.72 bits per heavy atom. The van der Waals surface area contributed by atoms with Crippen molar-refractivity contribution in [1.82, 2.24) is 0 Å². The summed E-state index contributed by atoms with van der Waals surface area (Å²) in [7, 11) is -3.83. The van der Waals surface area contributed by atoms with E-state index in [1.165, 1.54) is 12.1 Å². The van der Waals surface area contributed by atoms with Crippen molar-refractivity contribution in [3.8, 4) is 0 Å². The highest BCUT2D eigenvalue weighted by atomic mass is 32.2. The molecule has 0 radical (unpaired) electrons. The Bertz CT molecular complexity index is 498. The molecule has 0 atom stereocenters. The van der Waals surface area contributed by atoms with Gasteiger partial charge in [0.2, 0.25) is 0 Å². The zero-order valence-corrected chi connectivity index (χ0v) is 11.7. The lowest BCUT2D eigenvalue weighted by atomic mass is 9.90. The molecule has 0 fully saturated rings. The van der Waals surface area contributed by atoms with Crippen molar-refractivity contribution < 1.29 is 17.4 Å². The first-order chi connectivity index (χ1) is 8.21. The molecule has 0 saturated carbocycles. The number of rotatable bonds is 5. The van der Waals surface area contributed by atoms with Gasteiger partial charge in [-0.05, 0) is 17.5 Å². The zero-order chi connectivity index (χ0) is 13.8. The van der Waals surface area contributed by atoms with Crippen LogP contribution in [0.4, 0.5) is 0 Å². The number of carbonyl (C=O) groups is 1. The Labute approximate surface area is 108 Å². The maximum Gasteiger partial charge on any atom is 0.297 e. The van der Waals surface area contributed by atoms with Gasteiger partial charge in [0.05, 0.1) is 4.90 Å². The van der Waals surface area contributed by atoms with Gasteiger partial charge >= 0.3 is 0 Å². The van der Waals surface area contributed by atoms with Crippen LogP contribution < -0.4 is 0 Å². The topological polar surface area (TPSA) is 60.4 Å². The number of hydrogen-bond acceptors (Lipinski definition) is 4. The summed E-state index contributed by atoms with van der Waals surface area (Å²) in [4.78, 5) is 11.6. The molecule has 0 aliphatic rings. The summed E-state index contributed by atoms with van der Waals surface area (Å²) in [5.41, 5.74) is -0.170. The minimum Gasteiger partial charge on any atom is -0.297 e. The lowest BCUT2D eigenvalue weighted by Crippen LogP contribution is -2.19. The van der Waals surface area contributed by atoms with Crippen LogP contribution in [0.25, 0.3) is 0 Å². The average Bonchev–Trinajstić information content (AvgIpc) is 2.26. The van der Waals surface area contributed by atoms with E-state index < -0.39 is 16.7 Å². The predicted molar refractivity (Wildman–Crippen MR) is 68.7 cm³/mol. The summed E-state index contributed by atoms with van der Waals surface area (Å²) >= 11 is 0. The minimum absolute atomic E-state index is 0.0635. The lowest BCUT2D eigenvalue weighted by Gasteiger charge is -2.16. The number of Topliss-reactive ketones (excluding diaryl/α,β-unsaturated/α-hetero) is 1. The zero-order valence-electron chi connectivity index (χ0n) is 10.8. The van der Waals surface area contributed by atoms with Gasteiger partial charge in [0.25, 0.3) is 10.1 Å². The molecule has 0 unspecified atom stereocenters. The fourth-order valence-electron chi connectivity index (χ4n) is 1.44. The molecular formula is C13H18O4S. The number of hydrogen-bond donors (Lipinski definition) is 0. The predicted octanol–water partition coefficient (Wildman–Crippen LogP) is 2.40. The van der Waals surface area contributed by atoms with Crippen molar-refractivity contribution in [3.63, 3.8) is 0 Å². The maximum atomic E-state index is 11.7. The van der Waals surface area contributed by atoms with Crippen LogP contribution in [0.2, 0.25) is 0 Å². The molecule has 0 aliphatic heterocycles. The van der Waals surface area contributed by atoms with Gasteiger partial charge < -0.3 is 0 Å². The Morgan fingerprint density at radius 1 is 1.17 bits per heavy atom. The molecular weight excluding hydrogens is 252 g/mol. The van der Waals surface area contributed by atoms with E-state index in [1.54, 1.807) is 18.2 Å². The Morgan fingerprint density at radius 3 is 2.22 bits per heavy atom. The highest BCUT2D eigenvalue weighted by Crippen LogP contribution is 2.19. The van der Waals surface area contributed by atoms with E-state index in [4.69, 9.17) is 4.18 Å². The van der Waals surface area contributed by atoms with Gasteiger partial charge in [0.1, 0.15) is 6.61 Å². The normalized spacial score (nSPS) is 12.4. The SMILES string of the molecule is CC(C)(C)CC(=O)COS(=O)(=O)c1ccccc1. The monoisotopic (exact) mass is 270 g/mol. The summed E-state index contributed by atoms with van der Waals surface area (Å²) in [6.45, 7) is 5.33. The molecule has 0 heterocycles. The third-order valence-corrected chi connectivity index (χ3v) is 3.41. The molecule has 100 valence electrons. The van der Waals surface area contributed by atoms with Gasteiger partial charge in [-0.3, -0.25) is 8.98 Å². The molecule has 0 amide bonds. The van der Waals surface area contributed by atoms with Crippen LogP contribution in [0.5, 0.6) is 0 Å². The highest BCUT2D eigenvalue weighted by Gasteiger charge is 2.20. The van der Waals surface area contributed by atoms with Crippen molar-refractivity contribution in [2.75, 3.05) is 6.61 Å². The van der Waals surface area contributed by atoms with Crippen LogP contribution in [0.3, 0.4) is 0 Å². The Kier molecular flexibility index (Phi) is 4.65. The van der Waals surface area contributed by atoms with Crippen LogP contribution in [-0.4, -0.2) is 20.8 Å². The molecule has 0 aromatic heterocycles. The van der Waals surface area contributed by atoms with E-state index in [9.17, 15) is 13.2 Å². The second-order valence-corrected chi connectivity index (χ2v) is 6.92. The third kappa shape index (κ3) is 4.98. The smallest absolute Gasteiger partial charge is 0.297 e. The first kappa shape index (κ1) is 14.9. The van der Waals surface area contributed by atoms with Crippen LogP contribution in [0, 0.1) is 5.41 Å². The fourth-order valence-corrected chi connectivity index (χ4v) is 2.35. The second-order valence-electron chi connectivity index (χ2n) is 5.31. The van der Waals surface area contributed by atoms with Crippen LogP contribution in [0.1, 0.15) is 27.2 Å².